The Kier molecular flexibility index (Phi) is 5.42. The molecule has 2 aromatic carbocycles. The number of aryl methyl sites for hydroxylation is 1. The van der Waals surface area contributed by atoms with Crippen molar-refractivity contribution in [2.75, 3.05) is 23.8 Å². The number of hydrazine groups is 1. The summed E-state index contributed by atoms with van der Waals surface area (Å²) in [5, 5.41) is 6.85. The Balaban J connectivity index is 1.91. The monoisotopic (exact) mass is 460 g/mol. The molecule has 0 aliphatic carbocycles. The first kappa shape index (κ1) is 21.8. The number of hydrogen-bond acceptors (Lipinski definition) is 6. The minimum Gasteiger partial charge on any atom is -0.319 e. The van der Waals surface area contributed by atoms with Gasteiger partial charge in [0.25, 0.3) is 0 Å². The van der Waals surface area contributed by atoms with Crippen LogP contribution in [-0.2, 0) is 17.8 Å². The minimum absolute atomic E-state index is 0.297. The van der Waals surface area contributed by atoms with Gasteiger partial charge in [0.1, 0.15) is 19.0 Å². The van der Waals surface area contributed by atoms with Gasteiger partial charge in [-0.3, -0.25) is 10.1 Å². The minimum atomic E-state index is -4.70. The molecule has 0 fully saturated rings. The molecule has 4 rings (SSSR count). The van der Waals surface area contributed by atoms with Crippen LogP contribution in [0.25, 0.3) is 10.9 Å². The number of halogens is 3. The van der Waals surface area contributed by atoms with E-state index >= 15 is 0 Å². The molecule has 0 unspecified atom stereocenters. The van der Waals surface area contributed by atoms with E-state index in [0.29, 0.717) is 22.2 Å². The number of fused-ring (bicyclic) bond motifs is 1. The number of alkyl halides is 3. The van der Waals surface area contributed by atoms with Crippen LogP contribution in [0.1, 0.15) is 5.56 Å². The van der Waals surface area contributed by atoms with Crippen molar-refractivity contribution < 1.29 is 17.7 Å². The van der Waals surface area contributed by atoms with Crippen molar-refractivity contribution in [1.82, 2.24) is 19.7 Å². The molecule has 2 heterocycles. The van der Waals surface area contributed by atoms with Crippen LogP contribution < -0.4 is 15.7 Å². The van der Waals surface area contributed by atoms with Gasteiger partial charge in [0.15, 0.2) is 5.82 Å². The number of nitrogens with one attached hydrogen (secondary N) is 1. The summed E-state index contributed by atoms with van der Waals surface area (Å²) >= 11 is 0. The number of hydrogen-bond donors (Lipinski definition) is 1. The Hall–Kier alpha value is -3.39. The molecule has 0 bridgehead atoms. The predicted octanol–water partition coefficient (Wildman–Crippen LogP) is 4.80. The van der Waals surface area contributed by atoms with Gasteiger partial charge in [-0.25, -0.2) is 15.0 Å². The van der Waals surface area contributed by atoms with Crippen LogP contribution in [0.15, 0.2) is 61.2 Å². The molecule has 166 valence electrons. The number of anilines is 3. The third kappa shape index (κ3) is 4.31. The molecular weight excluding hydrogens is 440 g/mol. The zero-order valence-electron chi connectivity index (χ0n) is 17.5. The zero-order valence-corrected chi connectivity index (χ0v) is 18.4. The van der Waals surface area contributed by atoms with Crippen molar-refractivity contribution in [3.63, 3.8) is 0 Å². The van der Waals surface area contributed by atoms with Gasteiger partial charge in [0.2, 0.25) is 0 Å². The zero-order chi connectivity index (χ0) is 23.1. The lowest BCUT2D eigenvalue weighted by Gasteiger charge is -2.30. The second-order valence-electron chi connectivity index (χ2n) is 7.62. The van der Waals surface area contributed by atoms with Crippen LogP contribution in [0, 0.1) is 0 Å². The van der Waals surface area contributed by atoms with Gasteiger partial charge in [0, 0.05) is 30.1 Å². The van der Waals surface area contributed by atoms with Crippen LogP contribution in [0.2, 0.25) is 0 Å². The highest BCUT2D eigenvalue weighted by atomic mass is 31.2. The highest BCUT2D eigenvalue weighted by Crippen LogP contribution is 2.42. The number of benzene rings is 2. The first-order valence-corrected chi connectivity index (χ1v) is 12.2. The lowest BCUT2D eigenvalue weighted by Crippen LogP contribution is -2.32. The fourth-order valence-electron chi connectivity index (χ4n) is 3.38. The summed E-state index contributed by atoms with van der Waals surface area (Å²) in [6.07, 6.45) is -1.10. The van der Waals surface area contributed by atoms with Gasteiger partial charge in [-0.1, -0.05) is 12.1 Å². The Labute approximate surface area is 182 Å². The fraction of sp³-hybridized carbons (Fsp3) is 0.190. The van der Waals surface area contributed by atoms with Crippen molar-refractivity contribution in [3.8, 4) is 0 Å². The summed E-state index contributed by atoms with van der Waals surface area (Å²) in [5.74, 6) is -0.408. The van der Waals surface area contributed by atoms with Gasteiger partial charge >= 0.3 is 6.18 Å². The van der Waals surface area contributed by atoms with Crippen LogP contribution >= 0.6 is 7.14 Å². The third-order valence-corrected chi connectivity index (χ3v) is 6.31. The summed E-state index contributed by atoms with van der Waals surface area (Å²) in [7, 11) is -1.06. The van der Waals surface area contributed by atoms with E-state index in [1.807, 2.05) is 12.3 Å². The van der Waals surface area contributed by atoms with Crippen molar-refractivity contribution in [2.45, 2.75) is 6.18 Å². The molecule has 0 radical (unpaired) electrons. The summed E-state index contributed by atoms with van der Waals surface area (Å²) in [4.78, 5) is 7.49. The quantitative estimate of drug-likeness (QED) is 0.341. The Morgan fingerprint density at radius 2 is 1.88 bits per heavy atom. The normalized spacial score (nSPS) is 12.2. The van der Waals surface area contributed by atoms with Crippen LogP contribution in [0.3, 0.4) is 0 Å². The van der Waals surface area contributed by atoms with Crippen molar-refractivity contribution >= 4 is 40.5 Å². The topological polar surface area (TPSA) is 75.9 Å². The molecule has 0 spiro atoms. The van der Waals surface area contributed by atoms with E-state index in [-0.39, 0.29) is 0 Å². The lowest BCUT2D eigenvalue weighted by atomic mass is 10.2. The van der Waals surface area contributed by atoms with Crippen molar-refractivity contribution in [3.05, 3.63) is 66.7 Å². The number of rotatable bonds is 5. The fourth-order valence-corrected chi connectivity index (χ4v) is 4.55. The first-order valence-electron chi connectivity index (χ1n) is 9.56. The van der Waals surface area contributed by atoms with E-state index in [0.717, 1.165) is 17.9 Å². The predicted molar refractivity (Wildman–Crippen MR) is 119 cm³/mol. The molecule has 1 N–H and O–H groups in total. The molecule has 0 saturated heterocycles. The largest absolute Gasteiger partial charge is 0.421 e. The first-order chi connectivity index (χ1) is 15.0. The molecule has 7 nitrogen and oxygen atoms in total. The molecule has 4 aromatic rings. The van der Waals surface area contributed by atoms with E-state index in [1.54, 1.807) is 61.5 Å². The van der Waals surface area contributed by atoms with E-state index in [1.165, 1.54) is 5.01 Å². The van der Waals surface area contributed by atoms with Gasteiger partial charge in [-0.15, -0.1) is 0 Å². The highest BCUT2D eigenvalue weighted by Gasteiger charge is 2.37. The second-order valence-corrected chi connectivity index (χ2v) is 10.8. The third-order valence-electron chi connectivity index (χ3n) is 4.77. The Morgan fingerprint density at radius 3 is 2.59 bits per heavy atom. The molecule has 0 atom stereocenters. The van der Waals surface area contributed by atoms with E-state index in [4.69, 9.17) is 0 Å². The number of nitrogens with zero attached hydrogens (tertiary/aromatic N) is 5. The van der Waals surface area contributed by atoms with Gasteiger partial charge in [0.05, 0.1) is 16.9 Å². The molecule has 0 aliphatic heterocycles. The lowest BCUT2D eigenvalue weighted by molar-refractivity contribution is -0.137. The van der Waals surface area contributed by atoms with Crippen LogP contribution in [0.4, 0.5) is 30.4 Å². The summed E-state index contributed by atoms with van der Waals surface area (Å²) in [6, 6.07) is 11.9. The molecule has 0 amide bonds. The second kappa shape index (κ2) is 7.94. The number of para-hydroxylation sites is 1. The maximum Gasteiger partial charge on any atom is 0.421 e. The average Bonchev–Trinajstić information content (AvgIpc) is 3.10. The van der Waals surface area contributed by atoms with Gasteiger partial charge < -0.3 is 4.57 Å². The molecular formula is C21H20F3N6OP. The van der Waals surface area contributed by atoms with Crippen LogP contribution in [0.5, 0.6) is 0 Å². The molecule has 32 heavy (non-hydrogen) atoms. The smallest absolute Gasteiger partial charge is 0.319 e. The van der Waals surface area contributed by atoms with Gasteiger partial charge in [-0.05, 0) is 43.7 Å². The summed E-state index contributed by atoms with van der Waals surface area (Å²) in [5.41, 5.74) is 3.44. The Morgan fingerprint density at radius 1 is 1.12 bits per heavy atom. The van der Waals surface area contributed by atoms with Crippen molar-refractivity contribution in [2.24, 2.45) is 7.05 Å². The summed E-state index contributed by atoms with van der Waals surface area (Å²) < 4.78 is 56.0. The number of aromatic nitrogens is 4. The molecule has 11 heteroatoms. The standard InChI is InChI=1S/C21H20F3N6OP/c1-29-12-14-8-9-15(10-17(14)28-29)27-30(18-6-4-5-7-19(18)32(2,3)31)20-16(21(22,23)24)11-25-13-26-20/h4-13,27H,1-3H3. The maximum atomic E-state index is 13.8. The maximum absolute atomic E-state index is 13.8. The average molecular weight is 460 g/mol. The SMILES string of the molecule is Cn1cc2ccc(NN(c3ccccc3P(C)(C)=O)c3ncncc3C(F)(F)F)cc2n1. The van der Waals surface area contributed by atoms with E-state index in [2.05, 4.69) is 20.5 Å². The Bertz CT molecular complexity index is 1330. The van der Waals surface area contributed by atoms with E-state index < -0.39 is 24.7 Å². The highest BCUT2D eigenvalue weighted by molar-refractivity contribution is 7.70. The molecule has 2 aromatic heterocycles. The van der Waals surface area contributed by atoms with Crippen LogP contribution in [-0.4, -0.2) is 33.1 Å². The van der Waals surface area contributed by atoms with E-state index in [9.17, 15) is 17.7 Å². The summed E-state index contributed by atoms with van der Waals surface area (Å²) in [6.45, 7) is 3.13. The molecule has 0 aliphatic rings. The van der Waals surface area contributed by atoms with Crippen molar-refractivity contribution in [1.29, 1.82) is 0 Å². The van der Waals surface area contributed by atoms with Gasteiger partial charge in [-0.2, -0.15) is 18.3 Å². The molecule has 0 saturated carbocycles.